The van der Waals surface area contributed by atoms with E-state index in [1.807, 2.05) is 7.05 Å². The summed E-state index contributed by atoms with van der Waals surface area (Å²) in [6.45, 7) is 2.29. The normalized spacial score (nSPS) is 32.9. The highest BCUT2D eigenvalue weighted by molar-refractivity contribution is 5.79. The zero-order chi connectivity index (χ0) is 12.5. The van der Waals surface area contributed by atoms with Crippen LogP contribution in [0.4, 0.5) is 0 Å². The van der Waals surface area contributed by atoms with Crippen LogP contribution in [0.5, 0.6) is 0 Å². The summed E-state index contributed by atoms with van der Waals surface area (Å²) in [7, 11) is 2.04. The van der Waals surface area contributed by atoms with E-state index >= 15 is 0 Å². The van der Waals surface area contributed by atoms with Crippen molar-refractivity contribution in [1.82, 2.24) is 4.90 Å². The Labute approximate surface area is 104 Å². The molecular weight excluding hydrogens is 214 g/mol. The molecule has 0 aromatic rings. The van der Waals surface area contributed by atoms with Gasteiger partial charge in [0.15, 0.2) is 0 Å². The predicted molar refractivity (Wildman–Crippen MR) is 68.0 cm³/mol. The Morgan fingerprint density at radius 1 is 1.24 bits per heavy atom. The second-order valence-electron chi connectivity index (χ2n) is 6.08. The Morgan fingerprint density at radius 2 is 1.88 bits per heavy atom. The van der Waals surface area contributed by atoms with E-state index in [1.54, 1.807) is 0 Å². The Kier molecular flexibility index (Phi) is 3.76. The number of carbonyl (C=O) groups is 1. The average Bonchev–Trinajstić information content (AvgIpc) is 2.78. The van der Waals surface area contributed by atoms with Crippen LogP contribution in [0, 0.1) is 5.92 Å². The molecule has 2 unspecified atom stereocenters. The van der Waals surface area contributed by atoms with Crippen molar-refractivity contribution in [2.75, 3.05) is 7.05 Å². The van der Waals surface area contributed by atoms with Crippen LogP contribution in [0.3, 0.4) is 0 Å². The van der Waals surface area contributed by atoms with Crippen LogP contribution in [0.2, 0.25) is 0 Å². The van der Waals surface area contributed by atoms with E-state index in [-0.39, 0.29) is 0 Å². The van der Waals surface area contributed by atoms with Gasteiger partial charge >= 0.3 is 5.97 Å². The van der Waals surface area contributed by atoms with E-state index in [2.05, 4.69) is 11.8 Å². The van der Waals surface area contributed by atoms with Gasteiger partial charge in [0.2, 0.25) is 0 Å². The fraction of sp³-hybridized carbons (Fsp3) is 0.929. The zero-order valence-corrected chi connectivity index (χ0v) is 11.1. The molecule has 2 atom stereocenters. The molecule has 0 radical (unpaired) electrons. The van der Waals surface area contributed by atoms with Gasteiger partial charge in [-0.05, 0) is 38.6 Å². The van der Waals surface area contributed by atoms with E-state index in [9.17, 15) is 9.90 Å². The number of carboxylic acid groups (broad SMARTS) is 1. The Hall–Kier alpha value is -0.570. The molecule has 0 aromatic heterocycles. The fourth-order valence-corrected chi connectivity index (χ4v) is 3.78. The molecule has 2 aliphatic carbocycles. The lowest BCUT2D eigenvalue weighted by Crippen LogP contribution is -2.55. The number of hydrogen-bond acceptors (Lipinski definition) is 2. The second kappa shape index (κ2) is 4.97. The van der Waals surface area contributed by atoms with Gasteiger partial charge in [-0.2, -0.15) is 0 Å². The minimum absolute atomic E-state index is 0.480. The molecule has 98 valence electrons. The van der Waals surface area contributed by atoms with Gasteiger partial charge in [-0.3, -0.25) is 9.69 Å². The number of carboxylic acids is 1. The SMILES string of the molecule is CC1CCCC(N(C)C2(C(=O)O)CCCC2)C1. The summed E-state index contributed by atoms with van der Waals surface area (Å²) >= 11 is 0. The van der Waals surface area contributed by atoms with Crippen LogP contribution in [0.25, 0.3) is 0 Å². The van der Waals surface area contributed by atoms with E-state index in [0.717, 1.165) is 31.6 Å². The third kappa shape index (κ3) is 2.35. The van der Waals surface area contributed by atoms with Crippen LogP contribution in [0.15, 0.2) is 0 Å². The van der Waals surface area contributed by atoms with Crippen molar-refractivity contribution in [3.8, 4) is 0 Å². The highest BCUT2D eigenvalue weighted by Gasteiger charge is 2.47. The standard InChI is InChI=1S/C14H25NO2/c1-11-6-5-7-12(10-11)15(2)14(13(16)17)8-3-4-9-14/h11-12H,3-10H2,1-2H3,(H,16,17). The van der Waals surface area contributed by atoms with E-state index in [1.165, 1.54) is 25.7 Å². The van der Waals surface area contributed by atoms with Gasteiger partial charge in [0.05, 0.1) is 0 Å². The molecule has 0 heterocycles. The van der Waals surface area contributed by atoms with Crippen LogP contribution < -0.4 is 0 Å². The largest absolute Gasteiger partial charge is 0.480 e. The van der Waals surface area contributed by atoms with Crippen LogP contribution in [-0.2, 0) is 4.79 Å². The third-order valence-corrected chi connectivity index (χ3v) is 4.96. The van der Waals surface area contributed by atoms with Gasteiger partial charge in [0, 0.05) is 6.04 Å². The molecule has 2 fully saturated rings. The zero-order valence-electron chi connectivity index (χ0n) is 11.1. The number of nitrogens with zero attached hydrogens (tertiary/aromatic N) is 1. The Bertz CT molecular complexity index is 284. The van der Waals surface area contributed by atoms with Crippen LogP contribution in [-0.4, -0.2) is 34.6 Å². The fourth-order valence-electron chi connectivity index (χ4n) is 3.78. The summed E-state index contributed by atoms with van der Waals surface area (Å²) in [6, 6.07) is 0.480. The van der Waals surface area contributed by atoms with Crippen LogP contribution in [0.1, 0.15) is 58.3 Å². The van der Waals surface area contributed by atoms with Gasteiger partial charge in [0.25, 0.3) is 0 Å². The third-order valence-electron chi connectivity index (χ3n) is 4.96. The molecule has 0 saturated heterocycles. The van der Waals surface area contributed by atoms with Crippen molar-refractivity contribution in [2.45, 2.75) is 69.9 Å². The smallest absolute Gasteiger partial charge is 0.324 e. The number of aliphatic carboxylic acids is 1. The number of hydrogen-bond donors (Lipinski definition) is 1. The molecule has 3 nitrogen and oxygen atoms in total. The van der Waals surface area contributed by atoms with E-state index in [4.69, 9.17) is 0 Å². The first kappa shape index (κ1) is 12.9. The quantitative estimate of drug-likeness (QED) is 0.823. The molecule has 17 heavy (non-hydrogen) atoms. The van der Waals surface area contributed by atoms with Crippen molar-refractivity contribution >= 4 is 5.97 Å². The minimum atomic E-state index is -0.601. The van der Waals surface area contributed by atoms with Crippen molar-refractivity contribution in [2.24, 2.45) is 5.92 Å². The molecule has 0 spiro atoms. The first-order chi connectivity index (χ1) is 8.06. The van der Waals surface area contributed by atoms with Crippen molar-refractivity contribution < 1.29 is 9.90 Å². The van der Waals surface area contributed by atoms with Crippen molar-refractivity contribution in [1.29, 1.82) is 0 Å². The lowest BCUT2D eigenvalue weighted by atomic mass is 9.83. The minimum Gasteiger partial charge on any atom is -0.480 e. The summed E-state index contributed by atoms with van der Waals surface area (Å²) < 4.78 is 0. The number of likely N-dealkylation sites (N-methyl/N-ethyl adjacent to an activating group) is 1. The monoisotopic (exact) mass is 239 g/mol. The second-order valence-corrected chi connectivity index (χ2v) is 6.08. The topological polar surface area (TPSA) is 40.5 Å². The van der Waals surface area contributed by atoms with Gasteiger partial charge < -0.3 is 5.11 Å². The van der Waals surface area contributed by atoms with Gasteiger partial charge in [-0.1, -0.05) is 32.6 Å². The van der Waals surface area contributed by atoms with E-state index in [0.29, 0.717) is 6.04 Å². The molecule has 0 bridgehead atoms. The summed E-state index contributed by atoms with van der Waals surface area (Å²) in [5, 5.41) is 9.59. The molecular formula is C14H25NO2. The molecule has 0 aromatic carbocycles. The van der Waals surface area contributed by atoms with Crippen molar-refractivity contribution in [3.05, 3.63) is 0 Å². The molecule has 2 saturated carbocycles. The molecule has 2 aliphatic rings. The maximum atomic E-state index is 11.6. The average molecular weight is 239 g/mol. The highest BCUT2D eigenvalue weighted by Crippen LogP contribution is 2.39. The number of rotatable bonds is 3. The summed E-state index contributed by atoms with van der Waals surface area (Å²) in [5.41, 5.74) is -0.554. The Morgan fingerprint density at radius 3 is 2.41 bits per heavy atom. The van der Waals surface area contributed by atoms with Gasteiger partial charge in [-0.25, -0.2) is 0 Å². The predicted octanol–water partition coefficient (Wildman–Crippen LogP) is 2.89. The molecule has 0 amide bonds. The van der Waals surface area contributed by atoms with Gasteiger partial charge in [0.1, 0.15) is 5.54 Å². The summed E-state index contributed by atoms with van der Waals surface area (Å²) in [6.07, 6.45) is 8.73. The van der Waals surface area contributed by atoms with E-state index < -0.39 is 11.5 Å². The van der Waals surface area contributed by atoms with Crippen molar-refractivity contribution in [3.63, 3.8) is 0 Å². The lowest BCUT2D eigenvalue weighted by molar-refractivity contribution is -0.152. The van der Waals surface area contributed by atoms with Crippen LogP contribution >= 0.6 is 0 Å². The Balaban J connectivity index is 2.10. The first-order valence-electron chi connectivity index (χ1n) is 7.02. The van der Waals surface area contributed by atoms with Gasteiger partial charge in [-0.15, -0.1) is 0 Å². The maximum Gasteiger partial charge on any atom is 0.324 e. The molecule has 3 heteroatoms. The molecule has 1 N–H and O–H groups in total. The first-order valence-corrected chi connectivity index (χ1v) is 7.02. The molecule has 0 aliphatic heterocycles. The lowest BCUT2D eigenvalue weighted by Gasteiger charge is -2.43. The highest BCUT2D eigenvalue weighted by atomic mass is 16.4. The summed E-state index contributed by atoms with van der Waals surface area (Å²) in [4.78, 5) is 13.9. The summed E-state index contributed by atoms with van der Waals surface area (Å²) in [5.74, 6) is 0.152. The maximum absolute atomic E-state index is 11.6. The molecule has 2 rings (SSSR count).